The molecule has 0 saturated carbocycles. The molecule has 0 heterocycles. The van der Waals surface area contributed by atoms with Crippen molar-refractivity contribution >= 4 is 11.8 Å². The van der Waals surface area contributed by atoms with Gasteiger partial charge in [0.15, 0.2) is 0 Å². The summed E-state index contributed by atoms with van der Waals surface area (Å²) in [7, 11) is 0. The Morgan fingerprint density at radius 2 is 1.15 bits per heavy atom. The minimum atomic E-state index is -5.48. The smallest absolute Gasteiger partial charge is 0.206 e. The second-order valence-electron chi connectivity index (χ2n) is 3.37. The maximum atomic E-state index is 13.0. The van der Waals surface area contributed by atoms with Crippen LogP contribution in [-0.4, -0.2) is 5.51 Å². The number of benzene rings is 1. The van der Waals surface area contributed by atoms with Crippen LogP contribution in [-0.2, 0) is 12.4 Å². The summed E-state index contributed by atoms with van der Waals surface area (Å²) in [5, 5.41) is 0. The molecule has 0 aromatic heterocycles. The van der Waals surface area contributed by atoms with Gasteiger partial charge in [-0.2, -0.15) is 39.5 Å². The van der Waals surface area contributed by atoms with E-state index in [1.165, 1.54) is 0 Å². The third-order valence-corrected chi connectivity index (χ3v) is 2.69. The molecule has 0 fully saturated rings. The molecule has 0 aliphatic carbocycles. The summed E-state index contributed by atoms with van der Waals surface area (Å²) in [6.45, 7) is 0. The van der Waals surface area contributed by atoms with Gasteiger partial charge in [0.05, 0.1) is 11.1 Å². The number of halogens is 10. The molecule has 1 aromatic rings. The Labute approximate surface area is 108 Å². The molecule has 0 N–H and O–H groups in total. The quantitative estimate of drug-likeness (QED) is 0.485. The van der Waals surface area contributed by atoms with Crippen molar-refractivity contribution in [2.45, 2.75) is 22.8 Å². The Balaban J connectivity index is 3.50. The van der Waals surface area contributed by atoms with Crippen molar-refractivity contribution < 1.29 is 43.9 Å². The third-order valence-electron chi connectivity index (χ3n) is 1.91. The molecule has 1 rings (SSSR count). The first-order valence-corrected chi connectivity index (χ1v) is 5.27. The molecular formula is C9H2F10S. The number of hydrogen-bond donors (Lipinski definition) is 0. The van der Waals surface area contributed by atoms with Crippen LogP contribution in [0.5, 0.6) is 0 Å². The van der Waals surface area contributed by atoms with Gasteiger partial charge in [-0.05, 0) is 23.9 Å². The topological polar surface area (TPSA) is 0 Å². The molecule has 0 nitrogen and oxygen atoms in total. The Kier molecular flexibility index (Phi) is 4.24. The van der Waals surface area contributed by atoms with Crippen LogP contribution in [0.25, 0.3) is 0 Å². The predicted octanol–water partition coefficient (Wildman–Crippen LogP) is 5.48. The fraction of sp³-hybridized carbons (Fsp3) is 0.333. The molecule has 114 valence electrons. The maximum absolute atomic E-state index is 13.0. The first-order chi connectivity index (χ1) is 8.72. The summed E-state index contributed by atoms with van der Waals surface area (Å²) in [5.41, 5.74) is -9.68. The lowest BCUT2D eigenvalue weighted by atomic mass is 10.1. The average Bonchev–Trinajstić information content (AvgIpc) is 2.09. The van der Waals surface area contributed by atoms with Gasteiger partial charge in [0, 0.05) is 4.90 Å². The molecule has 0 bridgehead atoms. The van der Waals surface area contributed by atoms with E-state index in [1.807, 2.05) is 0 Å². The Bertz CT molecular complexity index is 495. The second-order valence-corrected chi connectivity index (χ2v) is 4.48. The third kappa shape index (κ3) is 4.18. The monoisotopic (exact) mass is 332 g/mol. The zero-order chi connectivity index (χ0) is 15.9. The summed E-state index contributed by atoms with van der Waals surface area (Å²) in [4.78, 5) is -1.68. The molecule has 0 saturated heterocycles. The van der Waals surface area contributed by atoms with Crippen molar-refractivity contribution in [1.82, 2.24) is 0 Å². The first kappa shape index (κ1) is 16.9. The van der Waals surface area contributed by atoms with Crippen LogP contribution in [0, 0.1) is 5.82 Å². The molecule has 0 unspecified atom stereocenters. The highest BCUT2D eigenvalue weighted by atomic mass is 32.2. The SMILES string of the molecule is Fc1cc(SC(F)(F)F)c(C(F)(F)F)cc1C(F)(F)F. The molecule has 0 radical (unpaired) electrons. The molecule has 0 atom stereocenters. The van der Waals surface area contributed by atoms with Gasteiger partial charge in [-0.15, -0.1) is 0 Å². The van der Waals surface area contributed by atoms with E-state index in [9.17, 15) is 43.9 Å². The first-order valence-electron chi connectivity index (χ1n) is 4.45. The van der Waals surface area contributed by atoms with Gasteiger partial charge in [0.25, 0.3) is 0 Å². The minimum Gasteiger partial charge on any atom is -0.206 e. The highest BCUT2D eigenvalue weighted by Gasteiger charge is 2.43. The molecular weight excluding hydrogens is 330 g/mol. The average molecular weight is 332 g/mol. The Morgan fingerprint density at radius 1 is 0.700 bits per heavy atom. The normalized spacial score (nSPS) is 13.7. The summed E-state index contributed by atoms with van der Waals surface area (Å²) >= 11 is -1.34. The maximum Gasteiger partial charge on any atom is 0.446 e. The van der Waals surface area contributed by atoms with Gasteiger partial charge < -0.3 is 0 Å². The van der Waals surface area contributed by atoms with Gasteiger partial charge >= 0.3 is 17.9 Å². The van der Waals surface area contributed by atoms with E-state index >= 15 is 0 Å². The van der Waals surface area contributed by atoms with Crippen LogP contribution in [0.3, 0.4) is 0 Å². The molecule has 11 heteroatoms. The summed E-state index contributed by atoms with van der Waals surface area (Å²) in [6, 6.07) is -1.10. The zero-order valence-corrected chi connectivity index (χ0v) is 9.66. The summed E-state index contributed by atoms with van der Waals surface area (Å²) in [5.74, 6) is -2.21. The molecule has 1 aromatic carbocycles. The van der Waals surface area contributed by atoms with Gasteiger partial charge in [-0.3, -0.25) is 0 Å². The Hall–Kier alpha value is -1.13. The van der Waals surface area contributed by atoms with Crippen LogP contribution in [0.2, 0.25) is 0 Å². The highest BCUT2D eigenvalue weighted by molar-refractivity contribution is 8.00. The van der Waals surface area contributed by atoms with E-state index in [0.717, 1.165) is 0 Å². The molecule has 0 amide bonds. The van der Waals surface area contributed by atoms with E-state index in [1.54, 1.807) is 0 Å². The van der Waals surface area contributed by atoms with E-state index in [-0.39, 0.29) is 0 Å². The Morgan fingerprint density at radius 3 is 1.50 bits per heavy atom. The van der Waals surface area contributed by atoms with E-state index in [2.05, 4.69) is 0 Å². The van der Waals surface area contributed by atoms with Crippen molar-refractivity contribution in [3.05, 3.63) is 29.1 Å². The molecule has 0 aliphatic rings. The van der Waals surface area contributed by atoms with Crippen LogP contribution in [0.4, 0.5) is 43.9 Å². The van der Waals surface area contributed by atoms with Crippen molar-refractivity contribution in [2.75, 3.05) is 0 Å². The van der Waals surface area contributed by atoms with E-state index < -0.39 is 63.6 Å². The summed E-state index contributed by atoms with van der Waals surface area (Å²) in [6.07, 6.45) is -10.9. The van der Waals surface area contributed by atoms with Crippen LogP contribution in [0.15, 0.2) is 17.0 Å². The van der Waals surface area contributed by atoms with E-state index in [4.69, 9.17) is 0 Å². The van der Waals surface area contributed by atoms with E-state index in [0.29, 0.717) is 0 Å². The fourth-order valence-corrected chi connectivity index (χ4v) is 1.90. The van der Waals surface area contributed by atoms with Crippen LogP contribution >= 0.6 is 11.8 Å². The highest BCUT2D eigenvalue weighted by Crippen LogP contribution is 2.46. The van der Waals surface area contributed by atoms with Crippen molar-refractivity contribution in [1.29, 1.82) is 0 Å². The molecule has 20 heavy (non-hydrogen) atoms. The lowest BCUT2D eigenvalue weighted by Gasteiger charge is -2.17. The molecule has 0 aliphatic heterocycles. The van der Waals surface area contributed by atoms with Crippen molar-refractivity contribution in [3.63, 3.8) is 0 Å². The number of rotatable bonds is 1. The fourth-order valence-electron chi connectivity index (χ4n) is 1.20. The lowest BCUT2D eigenvalue weighted by molar-refractivity contribution is -0.145. The van der Waals surface area contributed by atoms with Crippen molar-refractivity contribution in [3.8, 4) is 0 Å². The number of thioether (sulfide) groups is 1. The predicted molar refractivity (Wildman–Crippen MR) is 48.3 cm³/mol. The zero-order valence-electron chi connectivity index (χ0n) is 8.84. The van der Waals surface area contributed by atoms with Gasteiger partial charge in [0.1, 0.15) is 5.82 Å². The van der Waals surface area contributed by atoms with Gasteiger partial charge in [-0.1, -0.05) is 0 Å². The largest absolute Gasteiger partial charge is 0.446 e. The van der Waals surface area contributed by atoms with Crippen LogP contribution in [0.1, 0.15) is 11.1 Å². The molecule has 0 spiro atoms. The lowest BCUT2D eigenvalue weighted by Crippen LogP contribution is -2.15. The standard InChI is InChI=1S/C9H2F10S/c10-5-2-6(20-9(17,18)19)4(8(14,15)16)1-3(5)7(11,12)13/h1-2H. The van der Waals surface area contributed by atoms with Gasteiger partial charge in [-0.25, -0.2) is 4.39 Å². The minimum absolute atomic E-state index is 0.427. The van der Waals surface area contributed by atoms with Gasteiger partial charge in [0.2, 0.25) is 0 Å². The van der Waals surface area contributed by atoms with Crippen molar-refractivity contribution in [2.24, 2.45) is 0 Å². The number of hydrogen-bond acceptors (Lipinski definition) is 1. The summed E-state index contributed by atoms with van der Waals surface area (Å²) < 4.78 is 123. The second kappa shape index (κ2) is 5.01. The van der Waals surface area contributed by atoms with Crippen LogP contribution < -0.4 is 0 Å². The number of alkyl halides is 9.